The van der Waals surface area contributed by atoms with Crippen molar-refractivity contribution < 1.29 is 0 Å². The van der Waals surface area contributed by atoms with E-state index in [4.69, 9.17) is 0 Å². The van der Waals surface area contributed by atoms with Gasteiger partial charge in [0.15, 0.2) is 0 Å². The molecule has 104 valence electrons. The van der Waals surface area contributed by atoms with Crippen molar-refractivity contribution >= 4 is 23.1 Å². The van der Waals surface area contributed by atoms with Gasteiger partial charge in [-0.25, -0.2) is 9.67 Å². The zero-order valence-corrected chi connectivity index (χ0v) is 13.4. The molecule has 7 heteroatoms. The topological polar surface area (TPSA) is 56.5 Å². The molecule has 2 aromatic heterocycles. The second-order valence-corrected chi connectivity index (χ2v) is 7.20. The largest absolute Gasteiger partial charge is 0.245 e. The Morgan fingerprint density at radius 3 is 2.84 bits per heavy atom. The van der Waals surface area contributed by atoms with Crippen LogP contribution in [0.3, 0.4) is 0 Å². The second-order valence-electron chi connectivity index (χ2n) is 5.32. The van der Waals surface area contributed by atoms with Crippen molar-refractivity contribution in [2.75, 3.05) is 0 Å². The van der Waals surface area contributed by atoms with Gasteiger partial charge in [-0.15, -0.1) is 16.4 Å². The van der Waals surface area contributed by atoms with Crippen LogP contribution in [-0.4, -0.2) is 25.2 Å². The normalized spacial score (nSPS) is 12.0. The first-order valence-corrected chi connectivity index (χ1v) is 8.22. The second kappa shape index (κ2) is 6.00. The summed E-state index contributed by atoms with van der Waals surface area (Å²) >= 11 is 3.37. The molecule has 2 aromatic rings. The highest BCUT2D eigenvalue weighted by atomic mass is 32.2. The number of hydrogen-bond acceptors (Lipinski definition) is 6. The zero-order chi connectivity index (χ0) is 13.9. The summed E-state index contributed by atoms with van der Waals surface area (Å²) in [7, 11) is 0. The van der Waals surface area contributed by atoms with Gasteiger partial charge in [-0.3, -0.25) is 0 Å². The molecule has 0 amide bonds. The molecule has 0 aliphatic rings. The Hall–Kier alpha value is -0.950. The van der Waals surface area contributed by atoms with E-state index in [0.29, 0.717) is 0 Å². The minimum Gasteiger partial charge on any atom is -0.245 e. The first kappa shape index (κ1) is 14.5. The van der Waals surface area contributed by atoms with Crippen molar-refractivity contribution in [2.24, 2.45) is 0 Å². The minimum absolute atomic E-state index is 0.0960. The van der Waals surface area contributed by atoms with Gasteiger partial charge in [0.05, 0.1) is 16.2 Å². The third-order valence-electron chi connectivity index (χ3n) is 2.49. The van der Waals surface area contributed by atoms with E-state index in [2.05, 4.69) is 53.6 Å². The first-order chi connectivity index (χ1) is 9.00. The number of rotatable bonds is 5. The SMILES string of the molecule is CCCc1nc(CSc2nnnn2C(C)(C)C)cs1. The lowest BCUT2D eigenvalue weighted by Gasteiger charge is -2.19. The Morgan fingerprint density at radius 2 is 2.16 bits per heavy atom. The molecule has 5 nitrogen and oxygen atoms in total. The minimum atomic E-state index is -0.0960. The summed E-state index contributed by atoms with van der Waals surface area (Å²) < 4.78 is 1.86. The lowest BCUT2D eigenvalue weighted by molar-refractivity contribution is 0.321. The summed E-state index contributed by atoms with van der Waals surface area (Å²) in [5.74, 6) is 0.816. The van der Waals surface area contributed by atoms with Crippen LogP contribution in [0.15, 0.2) is 10.5 Å². The summed E-state index contributed by atoms with van der Waals surface area (Å²) in [6.07, 6.45) is 2.21. The predicted molar refractivity (Wildman–Crippen MR) is 78.5 cm³/mol. The predicted octanol–water partition coefficient (Wildman–Crippen LogP) is 3.13. The maximum atomic E-state index is 4.61. The molecule has 0 N–H and O–H groups in total. The van der Waals surface area contributed by atoms with Crippen LogP contribution in [0.1, 0.15) is 44.8 Å². The number of aryl methyl sites for hydroxylation is 1. The van der Waals surface area contributed by atoms with Crippen LogP contribution in [0, 0.1) is 0 Å². The van der Waals surface area contributed by atoms with E-state index in [1.165, 1.54) is 5.01 Å². The zero-order valence-electron chi connectivity index (χ0n) is 11.8. The molecular weight excluding hydrogens is 278 g/mol. The highest BCUT2D eigenvalue weighted by molar-refractivity contribution is 7.98. The van der Waals surface area contributed by atoms with Gasteiger partial charge in [0, 0.05) is 11.1 Å². The molecule has 0 fully saturated rings. The van der Waals surface area contributed by atoms with Gasteiger partial charge in [-0.05, 0) is 44.0 Å². The average molecular weight is 297 g/mol. The Kier molecular flexibility index (Phi) is 4.57. The summed E-state index contributed by atoms with van der Waals surface area (Å²) in [5, 5.41) is 16.1. The fourth-order valence-corrected chi connectivity index (χ4v) is 3.53. The van der Waals surface area contributed by atoms with Gasteiger partial charge in [-0.1, -0.05) is 18.7 Å². The fraction of sp³-hybridized carbons (Fsp3) is 0.667. The number of thiazole rings is 1. The molecule has 0 saturated heterocycles. The molecule has 0 aliphatic heterocycles. The quantitative estimate of drug-likeness (QED) is 0.794. The van der Waals surface area contributed by atoms with Crippen LogP contribution >= 0.6 is 23.1 Å². The molecule has 0 unspecified atom stereocenters. The van der Waals surface area contributed by atoms with Crippen molar-refractivity contribution in [3.8, 4) is 0 Å². The van der Waals surface area contributed by atoms with Gasteiger partial charge in [-0.2, -0.15) is 0 Å². The number of thioether (sulfide) groups is 1. The van der Waals surface area contributed by atoms with Crippen LogP contribution in [0.5, 0.6) is 0 Å². The summed E-state index contributed by atoms with van der Waals surface area (Å²) in [4.78, 5) is 4.61. The Labute approximate surface area is 121 Å². The molecule has 0 aliphatic carbocycles. The van der Waals surface area contributed by atoms with E-state index in [1.54, 1.807) is 23.1 Å². The van der Waals surface area contributed by atoms with Gasteiger partial charge in [0.2, 0.25) is 5.16 Å². The van der Waals surface area contributed by atoms with E-state index in [0.717, 1.165) is 29.4 Å². The molecule has 2 rings (SSSR count). The smallest absolute Gasteiger partial charge is 0.210 e. The van der Waals surface area contributed by atoms with Crippen LogP contribution in [-0.2, 0) is 17.7 Å². The molecule has 2 heterocycles. The molecule has 19 heavy (non-hydrogen) atoms. The van der Waals surface area contributed by atoms with Gasteiger partial charge in [0.25, 0.3) is 0 Å². The first-order valence-electron chi connectivity index (χ1n) is 6.35. The van der Waals surface area contributed by atoms with E-state index >= 15 is 0 Å². The van der Waals surface area contributed by atoms with Crippen LogP contribution in [0.2, 0.25) is 0 Å². The van der Waals surface area contributed by atoms with E-state index in [-0.39, 0.29) is 5.54 Å². The van der Waals surface area contributed by atoms with Crippen molar-refractivity contribution in [3.05, 3.63) is 16.1 Å². The Balaban J connectivity index is 2.00. The maximum absolute atomic E-state index is 4.61. The molecular formula is C12H19N5S2. The van der Waals surface area contributed by atoms with Crippen molar-refractivity contribution in [3.63, 3.8) is 0 Å². The van der Waals surface area contributed by atoms with Gasteiger partial charge < -0.3 is 0 Å². The standard InChI is InChI=1S/C12H19N5S2/c1-5-6-10-13-9(7-18-10)8-19-11-14-15-16-17(11)12(2,3)4/h7H,5-6,8H2,1-4H3. The summed E-state index contributed by atoms with van der Waals surface area (Å²) in [6.45, 7) is 8.45. The maximum Gasteiger partial charge on any atom is 0.210 e. The molecule has 0 saturated carbocycles. The number of aromatic nitrogens is 5. The lowest BCUT2D eigenvalue weighted by atomic mass is 10.1. The van der Waals surface area contributed by atoms with Crippen molar-refractivity contribution in [1.82, 2.24) is 25.2 Å². The summed E-state index contributed by atoms with van der Waals surface area (Å²) in [6, 6.07) is 0. The highest BCUT2D eigenvalue weighted by Gasteiger charge is 2.20. The van der Waals surface area contributed by atoms with Crippen LogP contribution in [0.25, 0.3) is 0 Å². The Morgan fingerprint density at radius 1 is 1.37 bits per heavy atom. The molecule has 0 bridgehead atoms. The molecule has 0 atom stereocenters. The highest BCUT2D eigenvalue weighted by Crippen LogP contribution is 2.25. The van der Waals surface area contributed by atoms with E-state index in [9.17, 15) is 0 Å². The van der Waals surface area contributed by atoms with E-state index in [1.807, 2.05) is 4.68 Å². The molecule has 0 aromatic carbocycles. The van der Waals surface area contributed by atoms with Gasteiger partial charge in [0.1, 0.15) is 0 Å². The third kappa shape index (κ3) is 3.76. The average Bonchev–Trinajstić information content (AvgIpc) is 2.94. The number of nitrogens with zero attached hydrogens (tertiary/aromatic N) is 5. The Bertz CT molecular complexity index is 526. The lowest BCUT2D eigenvalue weighted by Crippen LogP contribution is -2.24. The monoisotopic (exact) mass is 297 g/mol. The van der Waals surface area contributed by atoms with Crippen molar-refractivity contribution in [2.45, 2.75) is 57.0 Å². The van der Waals surface area contributed by atoms with Gasteiger partial charge >= 0.3 is 0 Å². The fourth-order valence-electron chi connectivity index (χ4n) is 1.57. The molecule has 0 radical (unpaired) electrons. The molecule has 0 spiro atoms. The number of hydrogen-bond donors (Lipinski definition) is 0. The van der Waals surface area contributed by atoms with E-state index < -0.39 is 0 Å². The van der Waals surface area contributed by atoms with Crippen LogP contribution in [0.4, 0.5) is 0 Å². The van der Waals surface area contributed by atoms with Crippen LogP contribution < -0.4 is 0 Å². The van der Waals surface area contributed by atoms with Crippen molar-refractivity contribution in [1.29, 1.82) is 0 Å². The summed E-state index contributed by atoms with van der Waals surface area (Å²) in [5.41, 5.74) is 1.02. The number of tetrazole rings is 1. The third-order valence-corrected chi connectivity index (χ3v) is 4.40.